The van der Waals surface area contributed by atoms with E-state index in [2.05, 4.69) is 22.9 Å². The van der Waals surface area contributed by atoms with Gasteiger partial charge in [0.05, 0.1) is 132 Å². The van der Waals surface area contributed by atoms with Gasteiger partial charge in [-0.2, -0.15) is 0 Å². The van der Waals surface area contributed by atoms with E-state index >= 15 is 0 Å². The average Bonchev–Trinajstić information content (AvgIpc) is 3.03. The van der Waals surface area contributed by atoms with Crippen molar-refractivity contribution in [1.82, 2.24) is 0 Å². The van der Waals surface area contributed by atoms with Gasteiger partial charge in [0.2, 0.25) is 0 Å². The van der Waals surface area contributed by atoms with Gasteiger partial charge in [0.25, 0.3) is 0 Å². The first kappa shape index (κ1) is 43.5. The maximum Gasteiger partial charge on any atom is 0.305 e. The Hall–Kier alpha value is -0.450. The van der Waals surface area contributed by atoms with Crippen molar-refractivity contribution in [2.75, 3.05) is 144 Å². The Morgan fingerprint density at radius 3 is 0.977 bits per heavy atom. The van der Waals surface area contributed by atoms with E-state index in [0.29, 0.717) is 139 Å². The van der Waals surface area contributed by atoms with Crippen molar-refractivity contribution in [2.24, 2.45) is 0 Å². The summed E-state index contributed by atoms with van der Waals surface area (Å²) in [7, 11) is 0. The van der Waals surface area contributed by atoms with Crippen LogP contribution in [-0.2, 0) is 56.9 Å². The Morgan fingerprint density at radius 1 is 0.386 bits per heavy atom. The molecule has 0 saturated carbocycles. The van der Waals surface area contributed by atoms with E-state index in [1.165, 1.54) is 25.7 Å². The molecule has 0 aliphatic carbocycles. The van der Waals surface area contributed by atoms with Crippen LogP contribution in [0.15, 0.2) is 0 Å². The molecule has 0 heterocycles. The monoisotopic (exact) mass is 704 g/mol. The van der Waals surface area contributed by atoms with Gasteiger partial charge >= 0.3 is 5.97 Å². The van der Waals surface area contributed by atoms with Crippen molar-refractivity contribution in [1.29, 1.82) is 0 Å². The lowest BCUT2D eigenvalue weighted by molar-refractivity contribution is -0.145. The predicted molar refractivity (Wildman–Crippen MR) is 171 cm³/mol. The molecule has 0 fully saturated rings. The Morgan fingerprint density at radius 2 is 0.659 bits per heavy atom. The quantitative estimate of drug-likeness (QED) is 0.0526. The van der Waals surface area contributed by atoms with Gasteiger partial charge in [0, 0.05) is 11.8 Å². The summed E-state index contributed by atoms with van der Waals surface area (Å²) >= 11 is 3.30. The molecule has 0 aromatic heterocycles. The molecule has 12 nitrogen and oxygen atoms in total. The molecule has 0 N–H and O–H groups in total. The van der Waals surface area contributed by atoms with Crippen LogP contribution >= 0.6 is 15.9 Å². The maximum absolute atomic E-state index is 11.7. The largest absolute Gasteiger partial charge is 0.463 e. The lowest BCUT2D eigenvalue weighted by Gasteiger charge is -2.09. The van der Waals surface area contributed by atoms with E-state index in [4.69, 9.17) is 52.1 Å². The summed E-state index contributed by atoms with van der Waals surface area (Å²) in [5.41, 5.74) is 0. The molecule has 0 amide bonds. The lowest BCUT2D eigenvalue weighted by atomic mass is 10.1. The van der Waals surface area contributed by atoms with Crippen molar-refractivity contribution in [3.05, 3.63) is 0 Å². The maximum atomic E-state index is 11.7. The molecule has 0 saturated heterocycles. The van der Waals surface area contributed by atoms with Crippen LogP contribution < -0.4 is 0 Å². The Labute approximate surface area is 274 Å². The van der Waals surface area contributed by atoms with Crippen molar-refractivity contribution in [3.8, 4) is 0 Å². The number of carbonyl (C=O) groups is 1. The van der Waals surface area contributed by atoms with Gasteiger partial charge in [-0.15, -0.1) is 0 Å². The summed E-state index contributed by atoms with van der Waals surface area (Å²) in [6.45, 7) is 12.9. The van der Waals surface area contributed by atoms with Gasteiger partial charge in [-0.05, 0) is 6.42 Å². The molecule has 0 spiro atoms. The Balaban J connectivity index is 3.09. The molecule has 0 radical (unpaired) electrons. The first-order valence-electron chi connectivity index (χ1n) is 16.3. The number of halogens is 1. The summed E-state index contributed by atoms with van der Waals surface area (Å²) in [5.74, 6) is -0.142. The van der Waals surface area contributed by atoms with Crippen LogP contribution in [0.25, 0.3) is 0 Å². The van der Waals surface area contributed by atoms with Gasteiger partial charge in [0.15, 0.2) is 0 Å². The molecule has 0 aromatic rings. The molecular weight excluding hydrogens is 644 g/mol. The van der Waals surface area contributed by atoms with E-state index < -0.39 is 0 Å². The third-order valence-electron chi connectivity index (χ3n) is 5.79. The van der Waals surface area contributed by atoms with Gasteiger partial charge in [-0.25, -0.2) is 0 Å². The number of carbonyl (C=O) groups excluding carboxylic acids is 1. The first-order chi connectivity index (χ1) is 21.8. The molecule has 44 heavy (non-hydrogen) atoms. The van der Waals surface area contributed by atoms with Crippen LogP contribution in [0.2, 0.25) is 0 Å². The van der Waals surface area contributed by atoms with E-state index in [1.54, 1.807) is 0 Å². The number of hydrogen-bond acceptors (Lipinski definition) is 12. The SMILES string of the molecule is CCCCCCCCC(=O)OCCOCCOCCOCCOCCOCCOCCOCCOCCOCCOCCBr. The summed E-state index contributed by atoms with van der Waals surface area (Å²) in [6.07, 6.45) is 7.43. The smallest absolute Gasteiger partial charge is 0.305 e. The highest BCUT2D eigenvalue weighted by molar-refractivity contribution is 9.09. The fourth-order valence-corrected chi connectivity index (χ4v) is 3.70. The summed E-state index contributed by atoms with van der Waals surface area (Å²) in [5, 5.41) is 0.836. The van der Waals surface area contributed by atoms with Crippen LogP contribution in [-0.4, -0.2) is 150 Å². The minimum absolute atomic E-state index is 0.142. The van der Waals surface area contributed by atoms with Crippen molar-refractivity contribution in [2.45, 2.75) is 51.9 Å². The third kappa shape index (κ3) is 39.6. The standard InChI is InChI=1S/C31H61BrO12/c1-2-3-4-5-6-7-8-31(33)44-30-29-43-28-27-42-26-25-41-24-23-40-22-21-39-20-19-38-18-17-37-16-15-36-14-13-35-12-11-34-10-9-32/h2-30H2,1H3. The van der Waals surface area contributed by atoms with Gasteiger partial charge in [-0.3, -0.25) is 4.79 Å². The molecule has 0 unspecified atom stereocenters. The minimum atomic E-state index is -0.142. The zero-order chi connectivity index (χ0) is 31.9. The topological polar surface area (TPSA) is 119 Å². The number of esters is 1. The van der Waals surface area contributed by atoms with Gasteiger partial charge in [0.1, 0.15) is 6.61 Å². The van der Waals surface area contributed by atoms with Crippen molar-refractivity contribution < 1.29 is 56.9 Å². The summed E-state index contributed by atoms with van der Waals surface area (Å²) in [6, 6.07) is 0. The second kappa shape index (κ2) is 40.6. The number of alkyl halides is 1. The van der Waals surface area contributed by atoms with Crippen LogP contribution in [0.4, 0.5) is 0 Å². The second-order valence-corrected chi connectivity index (χ2v) is 10.3. The third-order valence-corrected chi connectivity index (χ3v) is 6.12. The molecule has 13 heteroatoms. The normalized spacial score (nSPS) is 11.4. The number of rotatable bonds is 39. The van der Waals surface area contributed by atoms with Crippen LogP contribution in [0.1, 0.15) is 51.9 Å². The Bertz CT molecular complexity index is 548. The van der Waals surface area contributed by atoms with E-state index in [0.717, 1.165) is 18.2 Å². The molecule has 0 bridgehead atoms. The molecule has 0 rings (SSSR count). The minimum Gasteiger partial charge on any atom is -0.463 e. The lowest BCUT2D eigenvalue weighted by Crippen LogP contribution is -2.15. The highest BCUT2D eigenvalue weighted by Crippen LogP contribution is 2.07. The van der Waals surface area contributed by atoms with Gasteiger partial charge in [-0.1, -0.05) is 55.0 Å². The van der Waals surface area contributed by atoms with Crippen LogP contribution in [0, 0.1) is 0 Å². The van der Waals surface area contributed by atoms with E-state index in [-0.39, 0.29) is 12.6 Å². The molecule has 0 aliphatic heterocycles. The number of unbranched alkanes of at least 4 members (excludes halogenated alkanes) is 5. The summed E-state index contributed by atoms with van der Waals surface area (Å²) in [4.78, 5) is 11.7. The van der Waals surface area contributed by atoms with Crippen molar-refractivity contribution in [3.63, 3.8) is 0 Å². The van der Waals surface area contributed by atoms with E-state index in [9.17, 15) is 4.79 Å². The van der Waals surface area contributed by atoms with Gasteiger partial charge < -0.3 is 52.1 Å². The predicted octanol–water partition coefficient (Wildman–Crippen LogP) is 3.84. The average molecular weight is 706 g/mol. The van der Waals surface area contributed by atoms with E-state index in [1.807, 2.05) is 0 Å². The molecule has 264 valence electrons. The zero-order valence-corrected chi connectivity index (χ0v) is 28.9. The fourth-order valence-electron chi connectivity index (χ4n) is 3.47. The number of ether oxygens (including phenoxy) is 11. The highest BCUT2D eigenvalue weighted by atomic mass is 79.9. The van der Waals surface area contributed by atoms with Crippen LogP contribution in [0.5, 0.6) is 0 Å². The van der Waals surface area contributed by atoms with Crippen LogP contribution in [0.3, 0.4) is 0 Å². The second-order valence-electron chi connectivity index (χ2n) is 9.55. The fraction of sp³-hybridized carbons (Fsp3) is 0.968. The molecule has 0 aliphatic rings. The van der Waals surface area contributed by atoms with Crippen molar-refractivity contribution >= 4 is 21.9 Å². The molecule has 0 atom stereocenters. The number of hydrogen-bond donors (Lipinski definition) is 0. The molecular formula is C31H61BrO12. The molecule has 0 aromatic carbocycles. The zero-order valence-electron chi connectivity index (χ0n) is 27.3. The summed E-state index contributed by atoms with van der Waals surface area (Å²) < 4.78 is 59.5. The first-order valence-corrected chi connectivity index (χ1v) is 17.4. The Kier molecular flexibility index (Phi) is 40.2. The highest BCUT2D eigenvalue weighted by Gasteiger charge is 2.02.